The molecule has 0 radical (unpaired) electrons. The van der Waals surface area contributed by atoms with E-state index in [2.05, 4.69) is 30.1 Å². The predicted octanol–water partition coefficient (Wildman–Crippen LogP) is 5.64. The van der Waals surface area contributed by atoms with Crippen LogP contribution in [0.5, 0.6) is 0 Å². The van der Waals surface area contributed by atoms with Crippen molar-refractivity contribution in [2.75, 3.05) is 22.9 Å². The first kappa shape index (κ1) is 25.4. The second-order valence-electron chi connectivity index (χ2n) is 9.89. The molecule has 7 heteroatoms. The monoisotopic (exact) mass is 510 g/mol. The van der Waals surface area contributed by atoms with Crippen LogP contribution in [-0.2, 0) is 17.9 Å². The average Bonchev–Trinajstić information content (AvgIpc) is 3.60. The molecule has 0 fully saturated rings. The maximum Gasteiger partial charge on any atom is 0.275 e. The summed E-state index contributed by atoms with van der Waals surface area (Å²) in [6.45, 7) is 10.5. The molecule has 0 bridgehead atoms. The third kappa shape index (κ3) is 4.38. The van der Waals surface area contributed by atoms with E-state index >= 15 is 0 Å². The Balaban J connectivity index is 1.58. The number of carbonyl (C=O) groups is 2. The lowest BCUT2D eigenvalue weighted by Gasteiger charge is -2.44. The predicted molar refractivity (Wildman–Crippen MR) is 150 cm³/mol. The minimum atomic E-state index is -1.18. The molecule has 0 saturated heterocycles. The van der Waals surface area contributed by atoms with Crippen LogP contribution in [0.2, 0.25) is 0 Å². The Morgan fingerprint density at radius 2 is 1.74 bits per heavy atom. The minimum absolute atomic E-state index is 0.216. The van der Waals surface area contributed by atoms with Crippen molar-refractivity contribution in [2.24, 2.45) is 0 Å². The van der Waals surface area contributed by atoms with Crippen LogP contribution in [0.25, 0.3) is 11.5 Å². The highest BCUT2D eigenvalue weighted by Gasteiger charge is 2.49. The number of rotatable bonds is 8. The molecule has 5 rings (SSSR count). The molecule has 4 aromatic rings. The van der Waals surface area contributed by atoms with Crippen LogP contribution < -0.4 is 15.1 Å². The highest BCUT2D eigenvalue weighted by Crippen LogP contribution is 2.38. The van der Waals surface area contributed by atoms with E-state index < -0.39 is 5.54 Å². The van der Waals surface area contributed by atoms with E-state index in [1.54, 1.807) is 11.2 Å². The SMILES string of the molecule is CCN(CC)c1ccc(N2C(=O)c3ccc(-c4ccco4)n3C[C@]2(C)C(=O)NCc2ccccc2)c(C)c1. The van der Waals surface area contributed by atoms with Gasteiger partial charge in [-0.2, -0.15) is 0 Å². The maximum absolute atomic E-state index is 14.2. The van der Waals surface area contributed by atoms with Gasteiger partial charge < -0.3 is 19.2 Å². The highest BCUT2D eigenvalue weighted by atomic mass is 16.3. The largest absolute Gasteiger partial charge is 0.463 e. The second-order valence-corrected chi connectivity index (χ2v) is 9.89. The average molecular weight is 511 g/mol. The van der Waals surface area contributed by atoms with E-state index in [4.69, 9.17) is 4.42 Å². The Hall–Kier alpha value is -4.26. The number of aromatic nitrogens is 1. The zero-order valence-electron chi connectivity index (χ0n) is 22.4. The normalized spacial score (nSPS) is 16.8. The van der Waals surface area contributed by atoms with Crippen molar-refractivity contribution in [1.29, 1.82) is 0 Å². The Kier molecular flexibility index (Phi) is 6.85. The topological polar surface area (TPSA) is 70.7 Å². The van der Waals surface area contributed by atoms with Crippen LogP contribution >= 0.6 is 0 Å². The third-order valence-corrected chi connectivity index (χ3v) is 7.47. The van der Waals surface area contributed by atoms with Gasteiger partial charge in [-0.05, 0) is 81.3 Å². The number of amides is 2. The van der Waals surface area contributed by atoms with Gasteiger partial charge in [0.1, 0.15) is 17.0 Å². The Labute approximate surface area is 223 Å². The van der Waals surface area contributed by atoms with E-state index in [1.807, 2.05) is 85.1 Å². The third-order valence-electron chi connectivity index (χ3n) is 7.47. The number of fused-ring (bicyclic) bond motifs is 1. The molecule has 1 N–H and O–H groups in total. The van der Waals surface area contributed by atoms with Gasteiger partial charge in [-0.25, -0.2) is 0 Å². The highest BCUT2D eigenvalue weighted by molar-refractivity contribution is 6.12. The molecule has 1 aliphatic heterocycles. The number of benzene rings is 2. The van der Waals surface area contributed by atoms with Crippen molar-refractivity contribution in [3.63, 3.8) is 0 Å². The van der Waals surface area contributed by atoms with E-state index in [9.17, 15) is 9.59 Å². The lowest BCUT2D eigenvalue weighted by molar-refractivity contribution is -0.126. The molecule has 196 valence electrons. The molecule has 2 aromatic carbocycles. The van der Waals surface area contributed by atoms with Crippen molar-refractivity contribution in [2.45, 2.75) is 46.3 Å². The number of hydrogen-bond acceptors (Lipinski definition) is 4. The number of nitrogens with one attached hydrogen (secondary N) is 1. The molecular weight excluding hydrogens is 476 g/mol. The number of nitrogens with zero attached hydrogens (tertiary/aromatic N) is 3. The molecule has 2 aromatic heterocycles. The summed E-state index contributed by atoms with van der Waals surface area (Å²) < 4.78 is 7.55. The molecule has 0 spiro atoms. The minimum Gasteiger partial charge on any atom is -0.463 e. The molecule has 7 nitrogen and oxygen atoms in total. The van der Waals surface area contributed by atoms with Gasteiger partial charge in [0.25, 0.3) is 5.91 Å². The van der Waals surface area contributed by atoms with Crippen LogP contribution in [0.3, 0.4) is 0 Å². The fraction of sp³-hybridized carbons (Fsp3) is 0.290. The van der Waals surface area contributed by atoms with Crippen LogP contribution in [0.1, 0.15) is 42.4 Å². The number of furan rings is 1. The van der Waals surface area contributed by atoms with Crippen LogP contribution in [0, 0.1) is 6.92 Å². The fourth-order valence-corrected chi connectivity index (χ4v) is 5.37. The van der Waals surface area contributed by atoms with Gasteiger partial charge in [0.15, 0.2) is 0 Å². The number of anilines is 2. The van der Waals surface area contributed by atoms with Gasteiger partial charge >= 0.3 is 0 Å². The molecule has 3 heterocycles. The van der Waals surface area contributed by atoms with E-state index in [0.717, 1.165) is 41.3 Å². The fourth-order valence-electron chi connectivity index (χ4n) is 5.37. The molecule has 38 heavy (non-hydrogen) atoms. The van der Waals surface area contributed by atoms with Gasteiger partial charge in [0.05, 0.1) is 18.5 Å². The maximum atomic E-state index is 14.2. The van der Waals surface area contributed by atoms with Gasteiger partial charge in [-0.3, -0.25) is 14.5 Å². The summed E-state index contributed by atoms with van der Waals surface area (Å²) in [6, 6.07) is 23.3. The lowest BCUT2D eigenvalue weighted by Crippen LogP contribution is -2.64. The van der Waals surface area contributed by atoms with Crippen LogP contribution in [-0.4, -0.2) is 35.0 Å². The summed E-state index contributed by atoms with van der Waals surface area (Å²) in [7, 11) is 0. The van der Waals surface area contributed by atoms with Crippen LogP contribution in [0.4, 0.5) is 11.4 Å². The zero-order valence-corrected chi connectivity index (χ0v) is 22.4. The Bertz CT molecular complexity index is 1440. The van der Waals surface area contributed by atoms with Gasteiger partial charge in [0, 0.05) is 31.0 Å². The lowest BCUT2D eigenvalue weighted by atomic mass is 9.92. The van der Waals surface area contributed by atoms with Crippen LogP contribution in [0.15, 0.2) is 83.5 Å². The summed E-state index contributed by atoms with van der Waals surface area (Å²) in [5.74, 6) is 0.223. The smallest absolute Gasteiger partial charge is 0.275 e. The Morgan fingerprint density at radius 3 is 2.39 bits per heavy atom. The van der Waals surface area contributed by atoms with E-state index in [0.29, 0.717) is 18.0 Å². The summed E-state index contributed by atoms with van der Waals surface area (Å²) in [4.78, 5) is 32.1. The molecule has 0 aliphatic carbocycles. The zero-order chi connectivity index (χ0) is 26.9. The molecule has 1 atom stereocenters. The summed E-state index contributed by atoms with van der Waals surface area (Å²) in [5, 5.41) is 3.10. The van der Waals surface area contributed by atoms with Crippen molar-refractivity contribution in [3.05, 3.63) is 95.9 Å². The summed E-state index contributed by atoms with van der Waals surface area (Å²) >= 11 is 0. The number of aryl methyl sites for hydroxylation is 1. The van der Waals surface area contributed by atoms with Crippen molar-refractivity contribution >= 4 is 23.2 Å². The molecule has 0 saturated carbocycles. The van der Waals surface area contributed by atoms with Gasteiger partial charge in [-0.15, -0.1) is 0 Å². The first-order valence-electron chi connectivity index (χ1n) is 13.1. The van der Waals surface area contributed by atoms with Crippen molar-refractivity contribution < 1.29 is 14.0 Å². The molecule has 0 unspecified atom stereocenters. The molecule has 1 aliphatic rings. The van der Waals surface area contributed by atoms with Crippen molar-refractivity contribution in [3.8, 4) is 11.5 Å². The van der Waals surface area contributed by atoms with E-state index in [1.165, 1.54) is 0 Å². The summed E-state index contributed by atoms with van der Waals surface area (Å²) in [6.07, 6.45) is 1.61. The van der Waals surface area contributed by atoms with E-state index in [-0.39, 0.29) is 18.4 Å². The first-order chi connectivity index (χ1) is 18.4. The Morgan fingerprint density at radius 1 is 1.00 bits per heavy atom. The van der Waals surface area contributed by atoms with Crippen molar-refractivity contribution in [1.82, 2.24) is 9.88 Å². The number of hydrogen-bond donors (Lipinski definition) is 1. The quantitative estimate of drug-likeness (QED) is 0.333. The second kappa shape index (κ2) is 10.2. The number of carbonyl (C=O) groups excluding carboxylic acids is 2. The summed E-state index contributed by atoms with van der Waals surface area (Å²) in [5.41, 5.74) is 3.88. The van der Waals surface area contributed by atoms with Gasteiger partial charge in [0.2, 0.25) is 5.91 Å². The first-order valence-corrected chi connectivity index (χ1v) is 13.1. The molecular formula is C31H34N4O3. The standard InChI is InChI=1S/C31H34N4O3/c1-5-33(6-2)24-14-15-25(22(3)19-24)35-29(36)27-17-16-26(28-13-10-18-38-28)34(27)21-31(35,4)30(37)32-20-23-11-8-7-9-12-23/h7-19H,5-6,20-21H2,1-4H3,(H,32,37)/t31-/m1/s1. The molecule has 2 amide bonds. The van der Waals surface area contributed by atoms with Gasteiger partial charge in [-0.1, -0.05) is 30.3 Å².